The molecule has 0 aliphatic heterocycles. The predicted octanol–water partition coefficient (Wildman–Crippen LogP) is 1.27. The normalized spacial score (nSPS) is 13.9. The Morgan fingerprint density at radius 2 is 2.06 bits per heavy atom. The first-order valence-electron chi connectivity index (χ1n) is 6.21. The van der Waals surface area contributed by atoms with Crippen LogP contribution >= 0.6 is 0 Å². The number of methoxy groups -OCH3 is 1. The number of carbonyl (C=O) groups is 1. The van der Waals surface area contributed by atoms with Crippen molar-refractivity contribution in [3.63, 3.8) is 0 Å². The summed E-state index contributed by atoms with van der Waals surface area (Å²) in [6.07, 6.45) is 0.117. The van der Waals surface area contributed by atoms with Crippen LogP contribution in [0.5, 0.6) is 0 Å². The van der Waals surface area contributed by atoms with Crippen LogP contribution in [-0.4, -0.2) is 32.2 Å². The standard InChI is InChI=1S/C14H22N2O2/c1-11(12-6-4-3-5-7-12)10-16-14(17)8-13(9-15)18-2/h3-7,11,13H,8-10,15H2,1-2H3,(H,16,17). The first-order valence-corrected chi connectivity index (χ1v) is 6.21. The lowest BCUT2D eigenvalue weighted by Gasteiger charge is -2.15. The fourth-order valence-corrected chi connectivity index (χ4v) is 1.71. The molecule has 1 aromatic rings. The van der Waals surface area contributed by atoms with E-state index < -0.39 is 0 Å². The molecule has 0 spiro atoms. The molecular formula is C14H22N2O2. The number of carbonyl (C=O) groups excluding carboxylic acids is 1. The van der Waals surface area contributed by atoms with Gasteiger partial charge >= 0.3 is 0 Å². The highest BCUT2D eigenvalue weighted by molar-refractivity contribution is 5.76. The summed E-state index contributed by atoms with van der Waals surface area (Å²) < 4.78 is 5.08. The van der Waals surface area contributed by atoms with Crippen molar-refractivity contribution in [1.29, 1.82) is 0 Å². The molecule has 0 aliphatic rings. The lowest BCUT2D eigenvalue weighted by molar-refractivity contribution is -0.123. The van der Waals surface area contributed by atoms with Crippen LogP contribution in [0.3, 0.4) is 0 Å². The van der Waals surface area contributed by atoms with Crippen LogP contribution in [-0.2, 0) is 9.53 Å². The second-order valence-corrected chi connectivity index (χ2v) is 4.41. The summed E-state index contributed by atoms with van der Waals surface area (Å²) in [5.41, 5.74) is 6.70. The van der Waals surface area contributed by atoms with Gasteiger partial charge in [0.15, 0.2) is 0 Å². The number of nitrogens with one attached hydrogen (secondary N) is 1. The van der Waals surface area contributed by atoms with Gasteiger partial charge < -0.3 is 15.8 Å². The van der Waals surface area contributed by atoms with Crippen molar-refractivity contribution < 1.29 is 9.53 Å². The molecule has 2 atom stereocenters. The van der Waals surface area contributed by atoms with E-state index in [2.05, 4.69) is 24.4 Å². The Bertz CT molecular complexity index is 350. The summed E-state index contributed by atoms with van der Waals surface area (Å²) in [4.78, 5) is 11.7. The molecule has 0 radical (unpaired) electrons. The van der Waals surface area contributed by atoms with Gasteiger partial charge in [0, 0.05) is 20.2 Å². The van der Waals surface area contributed by atoms with Crippen molar-refractivity contribution in [1.82, 2.24) is 5.32 Å². The van der Waals surface area contributed by atoms with Crippen LogP contribution in [0.2, 0.25) is 0 Å². The molecule has 100 valence electrons. The van der Waals surface area contributed by atoms with E-state index in [0.29, 0.717) is 25.4 Å². The molecule has 3 N–H and O–H groups in total. The quantitative estimate of drug-likeness (QED) is 0.766. The highest BCUT2D eigenvalue weighted by atomic mass is 16.5. The zero-order valence-corrected chi connectivity index (χ0v) is 11.1. The van der Waals surface area contributed by atoms with E-state index in [0.717, 1.165) is 0 Å². The molecular weight excluding hydrogens is 228 g/mol. The van der Waals surface area contributed by atoms with E-state index in [1.807, 2.05) is 18.2 Å². The van der Waals surface area contributed by atoms with Gasteiger partial charge in [0.05, 0.1) is 12.5 Å². The van der Waals surface area contributed by atoms with Gasteiger partial charge in [0.2, 0.25) is 5.91 Å². The Labute approximate surface area is 109 Å². The molecule has 0 fully saturated rings. The first kappa shape index (κ1) is 14.7. The van der Waals surface area contributed by atoms with Crippen molar-refractivity contribution >= 4 is 5.91 Å². The second kappa shape index (κ2) is 7.84. The summed E-state index contributed by atoms with van der Waals surface area (Å²) in [6.45, 7) is 3.08. The zero-order valence-electron chi connectivity index (χ0n) is 11.1. The minimum Gasteiger partial charge on any atom is -0.380 e. The predicted molar refractivity (Wildman–Crippen MR) is 72.3 cm³/mol. The fourth-order valence-electron chi connectivity index (χ4n) is 1.71. The fraction of sp³-hybridized carbons (Fsp3) is 0.500. The van der Waals surface area contributed by atoms with Crippen LogP contribution in [0.1, 0.15) is 24.8 Å². The third-order valence-electron chi connectivity index (χ3n) is 2.98. The van der Waals surface area contributed by atoms with Crippen LogP contribution < -0.4 is 11.1 Å². The molecule has 2 unspecified atom stereocenters. The Hall–Kier alpha value is -1.39. The highest BCUT2D eigenvalue weighted by Gasteiger charge is 2.12. The molecule has 4 heteroatoms. The van der Waals surface area contributed by atoms with Crippen molar-refractivity contribution in [2.24, 2.45) is 5.73 Å². The Balaban J connectivity index is 2.34. The maximum atomic E-state index is 11.7. The summed E-state index contributed by atoms with van der Waals surface area (Å²) >= 11 is 0. The van der Waals surface area contributed by atoms with Gasteiger partial charge in [0.1, 0.15) is 0 Å². The smallest absolute Gasteiger partial charge is 0.222 e. The average molecular weight is 250 g/mol. The molecule has 0 aromatic heterocycles. The van der Waals surface area contributed by atoms with Crippen molar-refractivity contribution in [2.45, 2.75) is 25.4 Å². The number of hydrogen-bond acceptors (Lipinski definition) is 3. The maximum Gasteiger partial charge on any atom is 0.222 e. The SMILES string of the molecule is COC(CN)CC(=O)NCC(C)c1ccccc1. The largest absolute Gasteiger partial charge is 0.380 e. The van der Waals surface area contributed by atoms with Crippen LogP contribution in [0.15, 0.2) is 30.3 Å². The van der Waals surface area contributed by atoms with Gasteiger partial charge in [-0.15, -0.1) is 0 Å². The number of hydrogen-bond donors (Lipinski definition) is 2. The number of amides is 1. The van der Waals surface area contributed by atoms with Crippen LogP contribution in [0.25, 0.3) is 0 Å². The molecule has 1 aromatic carbocycles. The summed E-state index contributed by atoms with van der Waals surface area (Å²) in [6, 6.07) is 10.1. The summed E-state index contributed by atoms with van der Waals surface area (Å²) in [5, 5.41) is 2.91. The third-order valence-corrected chi connectivity index (χ3v) is 2.98. The van der Waals surface area contributed by atoms with Crippen molar-refractivity contribution in [3.05, 3.63) is 35.9 Å². The third kappa shape index (κ3) is 4.85. The topological polar surface area (TPSA) is 64.3 Å². The van der Waals surface area contributed by atoms with Crippen LogP contribution in [0.4, 0.5) is 0 Å². The Morgan fingerprint density at radius 1 is 1.39 bits per heavy atom. The number of nitrogens with two attached hydrogens (primary N) is 1. The minimum atomic E-state index is -0.197. The molecule has 18 heavy (non-hydrogen) atoms. The second-order valence-electron chi connectivity index (χ2n) is 4.41. The molecule has 0 saturated carbocycles. The number of ether oxygens (including phenoxy) is 1. The molecule has 0 heterocycles. The lowest BCUT2D eigenvalue weighted by atomic mass is 10.0. The van der Waals surface area contributed by atoms with E-state index in [1.165, 1.54) is 5.56 Å². The molecule has 1 rings (SSSR count). The summed E-state index contributed by atoms with van der Waals surface area (Å²) in [5.74, 6) is 0.282. The minimum absolute atomic E-state index is 0.0184. The zero-order chi connectivity index (χ0) is 13.4. The Kier molecular flexibility index (Phi) is 6.39. The van der Waals surface area contributed by atoms with Gasteiger partial charge in [0.25, 0.3) is 0 Å². The van der Waals surface area contributed by atoms with Crippen molar-refractivity contribution in [2.75, 3.05) is 20.2 Å². The molecule has 0 aliphatic carbocycles. The summed E-state index contributed by atoms with van der Waals surface area (Å²) in [7, 11) is 1.57. The molecule has 0 saturated heterocycles. The average Bonchev–Trinajstić information content (AvgIpc) is 2.43. The van der Waals surface area contributed by atoms with E-state index in [1.54, 1.807) is 7.11 Å². The van der Waals surface area contributed by atoms with E-state index in [4.69, 9.17) is 10.5 Å². The first-order chi connectivity index (χ1) is 8.67. The Morgan fingerprint density at radius 3 is 2.61 bits per heavy atom. The molecule has 0 bridgehead atoms. The lowest BCUT2D eigenvalue weighted by Crippen LogP contribution is -2.33. The number of rotatable bonds is 7. The molecule has 4 nitrogen and oxygen atoms in total. The van der Waals surface area contributed by atoms with Gasteiger partial charge in [-0.25, -0.2) is 0 Å². The maximum absolute atomic E-state index is 11.7. The highest BCUT2D eigenvalue weighted by Crippen LogP contribution is 2.13. The molecule has 1 amide bonds. The monoisotopic (exact) mass is 250 g/mol. The van der Waals surface area contributed by atoms with E-state index in [-0.39, 0.29) is 12.0 Å². The number of benzene rings is 1. The van der Waals surface area contributed by atoms with Crippen molar-refractivity contribution in [3.8, 4) is 0 Å². The van der Waals surface area contributed by atoms with Gasteiger partial charge in [-0.1, -0.05) is 37.3 Å². The van der Waals surface area contributed by atoms with Gasteiger partial charge in [-0.2, -0.15) is 0 Å². The van der Waals surface area contributed by atoms with E-state index in [9.17, 15) is 4.79 Å². The van der Waals surface area contributed by atoms with Gasteiger partial charge in [-0.05, 0) is 11.5 Å². The van der Waals surface area contributed by atoms with E-state index >= 15 is 0 Å². The van der Waals surface area contributed by atoms with Crippen LogP contribution in [0, 0.1) is 0 Å². The van der Waals surface area contributed by atoms with Gasteiger partial charge in [-0.3, -0.25) is 4.79 Å².